The normalized spacial score (nSPS) is 11.8. The molecular weight excluding hydrogens is 419 g/mol. The molecule has 0 heterocycles. The molecule has 2 aromatic rings. The van der Waals surface area contributed by atoms with Crippen LogP contribution in [0.25, 0.3) is 0 Å². The first-order valence-corrected chi connectivity index (χ1v) is 10.8. The number of sulfone groups is 1. The van der Waals surface area contributed by atoms with Gasteiger partial charge in [-0.05, 0) is 24.3 Å². The highest BCUT2D eigenvalue weighted by atomic mass is 35.5. The number of benzene rings is 2. The zero-order valence-electron chi connectivity index (χ0n) is 13.6. The van der Waals surface area contributed by atoms with Gasteiger partial charge in [0.15, 0.2) is 15.7 Å². The van der Waals surface area contributed by atoms with Crippen molar-refractivity contribution in [1.29, 1.82) is 0 Å². The van der Waals surface area contributed by atoms with Crippen molar-refractivity contribution < 1.29 is 26.0 Å². The summed E-state index contributed by atoms with van der Waals surface area (Å²) in [5.41, 5.74) is -0.818. The molecule has 2 rings (SSSR count). The Bertz CT molecular complexity index is 1130. The third-order valence-corrected chi connectivity index (χ3v) is 6.48. The number of nitrogens with two attached hydrogens (primary N) is 1. The summed E-state index contributed by atoms with van der Waals surface area (Å²) < 4.78 is 62.3. The number of anilines is 1. The van der Waals surface area contributed by atoms with Gasteiger partial charge in [-0.1, -0.05) is 29.8 Å². The van der Waals surface area contributed by atoms with Crippen molar-refractivity contribution in [3.63, 3.8) is 0 Å². The average Bonchev–Trinajstić information content (AvgIpc) is 2.53. The number of rotatable bonds is 6. The van der Waals surface area contributed by atoms with Gasteiger partial charge in [0.2, 0.25) is 10.0 Å². The Morgan fingerprint density at radius 1 is 1.19 bits per heavy atom. The van der Waals surface area contributed by atoms with E-state index in [1.54, 1.807) is 0 Å². The van der Waals surface area contributed by atoms with Crippen molar-refractivity contribution in [1.82, 2.24) is 0 Å². The Labute approximate surface area is 160 Å². The number of hydrogen-bond acceptors (Lipinski definition) is 5. The van der Waals surface area contributed by atoms with E-state index in [0.29, 0.717) is 0 Å². The Kier molecular flexibility index (Phi) is 6.05. The van der Waals surface area contributed by atoms with Gasteiger partial charge in [-0.2, -0.15) is 0 Å². The predicted octanol–water partition coefficient (Wildman–Crippen LogP) is 2.34. The van der Waals surface area contributed by atoms with Gasteiger partial charge < -0.3 is 5.32 Å². The number of carbonyl (C=O) groups excluding carboxylic acids is 1. The summed E-state index contributed by atoms with van der Waals surface area (Å²) in [6, 6.07) is 7.27. The summed E-state index contributed by atoms with van der Waals surface area (Å²) in [4.78, 5) is 11.2. The maximum atomic E-state index is 14.7. The maximum absolute atomic E-state index is 14.7. The van der Waals surface area contributed by atoms with Gasteiger partial charge in [0.05, 0.1) is 22.0 Å². The highest BCUT2D eigenvalue weighted by Gasteiger charge is 2.27. The van der Waals surface area contributed by atoms with E-state index in [1.807, 2.05) is 0 Å². The number of amides is 1. The lowest BCUT2D eigenvalue weighted by Gasteiger charge is -2.12. The van der Waals surface area contributed by atoms with Crippen LogP contribution < -0.4 is 10.5 Å². The van der Waals surface area contributed by atoms with Crippen LogP contribution in [-0.4, -0.2) is 28.5 Å². The summed E-state index contributed by atoms with van der Waals surface area (Å²) >= 11 is 5.79. The quantitative estimate of drug-likeness (QED) is 0.678. The van der Waals surface area contributed by atoms with Crippen LogP contribution in [0, 0.1) is 5.82 Å². The zero-order chi connectivity index (χ0) is 20.4. The van der Waals surface area contributed by atoms with Crippen LogP contribution in [-0.2, 0) is 19.9 Å². The standard InChI is InChI=1S/C16H14ClFN2O5S2/c1-2-9-26(22,23)15-11(17)8-7-10(14(15)18)16(21)20-12-5-3-4-6-13(12)27(19,24)25/h2-8H,1,9H2,(H,20,21)(H2,19,24,25). The molecule has 0 aromatic heterocycles. The van der Waals surface area contributed by atoms with E-state index in [2.05, 4.69) is 11.9 Å². The van der Waals surface area contributed by atoms with E-state index in [0.717, 1.165) is 24.3 Å². The van der Waals surface area contributed by atoms with Crippen molar-refractivity contribution in [3.8, 4) is 0 Å². The van der Waals surface area contributed by atoms with Crippen LogP contribution in [0.1, 0.15) is 10.4 Å². The highest BCUT2D eigenvalue weighted by molar-refractivity contribution is 7.91. The fourth-order valence-corrected chi connectivity index (χ4v) is 4.66. The second-order valence-electron chi connectivity index (χ2n) is 5.30. The summed E-state index contributed by atoms with van der Waals surface area (Å²) in [7, 11) is -8.31. The Morgan fingerprint density at radius 3 is 2.41 bits per heavy atom. The van der Waals surface area contributed by atoms with Crippen molar-refractivity contribution in [2.75, 3.05) is 11.1 Å². The maximum Gasteiger partial charge on any atom is 0.258 e. The van der Waals surface area contributed by atoms with Gasteiger partial charge in [0.25, 0.3) is 5.91 Å². The first kappa shape index (κ1) is 21.0. The van der Waals surface area contributed by atoms with Gasteiger partial charge in [0, 0.05) is 0 Å². The molecule has 0 saturated carbocycles. The number of sulfonamides is 1. The molecule has 0 fully saturated rings. The van der Waals surface area contributed by atoms with E-state index >= 15 is 0 Å². The average molecular weight is 433 g/mol. The Morgan fingerprint density at radius 2 is 1.81 bits per heavy atom. The summed E-state index contributed by atoms with van der Waals surface area (Å²) in [5.74, 6) is -3.01. The monoisotopic (exact) mass is 432 g/mol. The molecule has 3 N–H and O–H groups in total. The van der Waals surface area contributed by atoms with Crippen LogP contribution in [0.2, 0.25) is 5.02 Å². The molecule has 0 spiro atoms. The number of halogens is 2. The van der Waals surface area contributed by atoms with Gasteiger partial charge in [-0.25, -0.2) is 26.4 Å². The molecule has 0 aliphatic carbocycles. The lowest BCUT2D eigenvalue weighted by atomic mass is 10.2. The molecule has 1 amide bonds. The molecule has 27 heavy (non-hydrogen) atoms. The first-order chi connectivity index (χ1) is 12.5. The highest BCUT2D eigenvalue weighted by Crippen LogP contribution is 2.29. The third kappa shape index (κ3) is 4.53. The largest absolute Gasteiger partial charge is 0.321 e. The van der Waals surface area contributed by atoms with E-state index in [-0.39, 0.29) is 10.6 Å². The van der Waals surface area contributed by atoms with Crippen LogP contribution in [0.3, 0.4) is 0 Å². The number of nitrogens with one attached hydrogen (secondary N) is 1. The van der Waals surface area contributed by atoms with Crippen molar-refractivity contribution in [3.05, 3.63) is 65.5 Å². The van der Waals surface area contributed by atoms with Gasteiger partial charge in [-0.3, -0.25) is 4.79 Å². The SMILES string of the molecule is C=CCS(=O)(=O)c1c(Cl)ccc(C(=O)Nc2ccccc2S(N)(=O)=O)c1F. The summed E-state index contributed by atoms with van der Waals surface area (Å²) in [5, 5.41) is 6.89. The predicted molar refractivity (Wildman–Crippen MR) is 99.4 cm³/mol. The minimum absolute atomic E-state index is 0.185. The Balaban J connectivity index is 2.53. The van der Waals surface area contributed by atoms with Crippen molar-refractivity contribution in [2.45, 2.75) is 9.79 Å². The minimum Gasteiger partial charge on any atom is -0.321 e. The van der Waals surface area contributed by atoms with Crippen LogP contribution in [0.4, 0.5) is 10.1 Å². The molecule has 0 aliphatic rings. The molecule has 0 bridgehead atoms. The molecule has 0 atom stereocenters. The molecular formula is C16H14ClFN2O5S2. The number of primary sulfonamides is 1. The first-order valence-electron chi connectivity index (χ1n) is 7.24. The zero-order valence-corrected chi connectivity index (χ0v) is 16.0. The van der Waals surface area contributed by atoms with Gasteiger partial charge in [-0.15, -0.1) is 6.58 Å². The van der Waals surface area contributed by atoms with E-state index in [9.17, 15) is 26.0 Å². The second kappa shape index (κ2) is 7.77. The lowest BCUT2D eigenvalue weighted by molar-refractivity contribution is 0.102. The second-order valence-corrected chi connectivity index (χ2v) is 9.21. The molecule has 0 radical (unpaired) electrons. The van der Waals surface area contributed by atoms with Crippen molar-refractivity contribution in [2.24, 2.45) is 5.14 Å². The number of carbonyl (C=O) groups is 1. The van der Waals surface area contributed by atoms with E-state index in [1.165, 1.54) is 18.2 Å². The molecule has 11 heteroatoms. The minimum atomic E-state index is -4.15. The molecule has 7 nitrogen and oxygen atoms in total. The summed E-state index contributed by atoms with van der Waals surface area (Å²) in [6.45, 7) is 3.28. The molecule has 0 unspecified atom stereocenters. The van der Waals surface area contributed by atoms with Crippen LogP contribution in [0.5, 0.6) is 0 Å². The number of para-hydroxylation sites is 1. The van der Waals surface area contributed by atoms with Gasteiger partial charge >= 0.3 is 0 Å². The molecule has 0 saturated heterocycles. The smallest absolute Gasteiger partial charge is 0.258 e. The van der Waals surface area contributed by atoms with Crippen LogP contribution in [0.15, 0.2) is 58.8 Å². The Hall–Kier alpha value is -2.27. The number of hydrogen-bond donors (Lipinski definition) is 2. The van der Waals surface area contributed by atoms with Crippen molar-refractivity contribution >= 4 is 43.1 Å². The topological polar surface area (TPSA) is 123 Å². The van der Waals surface area contributed by atoms with Gasteiger partial charge in [0.1, 0.15) is 9.79 Å². The van der Waals surface area contributed by atoms with Crippen LogP contribution >= 0.6 is 11.6 Å². The summed E-state index contributed by atoms with van der Waals surface area (Å²) in [6.07, 6.45) is 1.06. The fourth-order valence-electron chi connectivity index (χ4n) is 2.24. The molecule has 0 aliphatic heterocycles. The van der Waals surface area contributed by atoms with E-state index < -0.39 is 52.8 Å². The third-order valence-electron chi connectivity index (χ3n) is 3.38. The molecule has 2 aromatic carbocycles. The van der Waals surface area contributed by atoms with E-state index in [4.69, 9.17) is 16.7 Å². The lowest BCUT2D eigenvalue weighted by Crippen LogP contribution is -2.20. The fraction of sp³-hybridized carbons (Fsp3) is 0.0625. The molecule has 144 valence electrons.